The number of benzene rings is 1. The lowest BCUT2D eigenvalue weighted by molar-refractivity contribution is 0.194. The molecule has 0 radical (unpaired) electrons. The van der Waals surface area contributed by atoms with Crippen LogP contribution in [0.1, 0.15) is 0 Å². The summed E-state index contributed by atoms with van der Waals surface area (Å²) in [4.78, 5) is 0. The SMILES string of the molecule is COc1cccc(OC)c1N1NOS(=O)(=O)O1. The first-order valence-corrected chi connectivity index (χ1v) is 5.80. The van der Waals surface area contributed by atoms with Crippen molar-refractivity contribution in [2.75, 3.05) is 19.4 Å². The number of anilines is 1. The number of hydrogen-bond donors (Lipinski definition) is 1. The third-order valence-electron chi connectivity index (χ3n) is 1.99. The first kappa shape index (κ1) is 11.9. The van der Waals surface area contributed by atoms with Gasteiger partial charge >= 0.3 is 10.4 Å². The van der Waals surface area contributed by atoms with E-state index in [-0.39, 0.29) is 5.69 Å². The van der Waals surface area contributed by atoms with Crippen LogP contribution in [0.3, 0.4) is 0 Å². The summed E-state index contributed by atoms with van der Waals surface area (Å²) in [6.45, 7) is 0. The van der Waals surface area contributed by atoms with E-state index >= 15 is 0 Å². The van der Waals surface area contributed by atoms with Gasteiger partial charge in [-0.1, -0.05) is 11.7 Å². The van der Waals surface area contributed by atoms with E-state index < -0.39 is 10.4 Å². The van der Waals surface area contributed by atoms with Crippen molar-refractivity contribution in [2.45, 2.75) is 0 Å². The highest BCUT2D eigenvalue weighted by Crippen LogP contribution is 2.38. The quantitative estimate of drug-likeness (QED) is 0.823. The fourth-order valence-electron chi connectivity index (χ4n) is 1.32. The van der Waals surface area contributed by atoms with Crippen LogP contribution in [0, 0.1) is 0 Å². The molecule has 8 nitrogen and oxygen atoms in total. The Kier molecular flexibility index (Phi) is 3.07. The Bertz CT molecular complexity index is 494. The average Bonchev–Trinajstić information content (AvgIpc) is 2.68. The Labute approximate surface area is 97.8 Å². The van der Waals surface area contributed by atoms with Crippen molar-refractivity contribution in [1.29, 1.82) is 0 Å². The van der Waals surface area contributed by atoms with Crippen molar-refractivity contribution in [2.24, 2.45) is 0 Å². The smallest absolute Gasteiger partial charge is 0.440 e. The van der Waals surface area contributed by atoms with E-state index in [2.05, 4.69) is 14.2 Å². The maximum atomic E-state index is 11.0. The van der Waals surface area contributed by atoms with Crippen molar-refractivity contribution >= 4 is 16.1 Å². The van der Waals surface area contributed by atoms with E-state index in [1.165, 1.54) is 14.2 Å². The maximum absolute atomic E-state index is 11.0. The van der Waals surface area contributed by atoms with Gasteiger partial charge in [0, 0.05) is 0 Å². The van der Waals surface area contributed by atoms with Gasteiger partial charge in [0.05, 0.1) is 14.2 Å². The Hall–Kier alpha value is -1.55. The second kappa shape index (κ2) is 4.37. The highest BCUT2D eigenvalue weighted by molar-refractivity contribution is 7.82. The molecule has 1 heterocycles. The number of ether oxygens (including phenoxy) is 2. The summed E-state index contributed by atoms with van der Waals surface area (Å²) in [6, 6.07) is 4.92. The van der Waals surface area contributed by atoms with Gasteiger partial charge < -0.3 is 9.47 Å². The fourth-order valence-corrected chi connectivity index (χ4v) is 1.79. The average molecular weight is 262 g/mol. The lowest BCUT2D eigenvalue weighted by Gasteiger charge is -2.17. The van der Waals surface area contributed by atoms with Crippen LogP contribution in [0.15, 0.2) is 18.2 Å². The van der Waals surface area contributed by atoms with E-state index in [0.717, 1.165) is 5.17 Å². The molecule has 0 unspecified atom stereocenters. The third-order valence-corrected chi connectivity index (χ3v) is 2.60. The van der Waals surface area contributed by atoms with E-state index in [1.807, 2.05) is 0 Å². The molecule has 1 aromatic rings. The lowest BCUT2D eigenvalue weighted by Crippen LogP contribution is -2.29. The molecule has 0 aliphatic carbocycles. The van der Waals surface area contributed by atoms with Gasteiger partial charge in [-0.05, 0) is 12.1 Å². The number of methoxy groups -OCH3 is 2. The van der Waals surface area contributed by atoms with E-state index in [9.17, 15) is 8.42 Å². The molecular formula is C8H10N2O6S. The second-order valence-corrected chi connectivity index (χ2v) is 4.10. The van der Waals surface area contributed by atoms with E-state index in [4.69, 9.17) is 9.47 Å². The number of nitrogens with zero attached hydrogens (tertiary/aromatic N) is 1. The van der Waals surface area contributed by atoms with Crippen LogP contribution in [0.2, 0.25) is 0 Å². The minimum absolute atomic E-state index is 0.249. The summed E-state index contributed by atoms with van der Waals surface area (Å²) in [7, 11) is -1.22. The monoisotopic (exact) mass is 262 g/mol. The Morgan fingerprint density at radius 3 is 2.24 bits per heavy atom. The number of hydrazine groups is 1. The highest BCUT2D eigenvalue weighted by Gasteiger charge is 2.32. The molecule has 1 saturated heterocycles. The van der Waals surface area contributed by atoms with Gasteiger partial charge in [0.15, 0.2) is 5.69 Å². The molecule has 0 saturated carbocycles. The molecule has 2 rings (SSSR count). The zero-order chi connectivity index (χ0) is 12.5. The Morgan fingerprint density at radius 2 is 1.82 bits per heavy atom. The first-order chi connectivity index (χ1) is 8.07. The van der Waals surface area contributed by atoms with Gasteiger partial charge in [-0.15, -0.1) is 13.7 Å². The van der Waals surface area contributed by atoms with Gasteiger partial charge in [0.25, 0.3) is 0 Å². The predicted octanol–water partition coefficient (Wildman–Crippen LogP) is 0.136. The number of para-hydroxylation sites is 1. The lowest BCUT2D eigenvalue weighted by atomic mass is 10.2. The maximum Gasteiger partial charge on any atom is 0.440 e. The summed E-state index contributed by atoms with van der Waals surface area (Å²) in [6.07, 6.45) is 0. The molecule has 1 aromatic carbocycles. The molecule has 1 N–H and O–H groups in total. The third kappa shape index (κ3) is 2.26. The molecular weight excluding hydrogens is 252 g/mol. The summed E-state index contributed by atoms with van der Waals surface area (Å²) < 4.78 is 40.9. The molecule has 94 valence electrons. The van der Waals surface area contributed by atoms with Crippen molar-refractivity contribution < 1.29 is 26.5 Å². The zero-order valence-electron chi connectivity index (χ0n) is 9.04. The normalized spacial score (nSPS) is 18.1. The fraction of sp³-hybridized carbons (Fsp3) is 0.250. The van der Waals surface area contributed by atoms with Crippen LogP contribution in [0.4, 0.5) is 5.69 Å². The van der Waals surface area contributed by atoms with Crippen LogP contribution >= 0.6 is 0 Å². The molecule has 0 bridgehead atoms. The van der Waals surface area contributed by atoms with Crippen LogP contribution in [-0.4, -0.2) is 22.6 Å². The predicted molar refractivity (Wildman–Crippen MR) is 56.3 cm³/mol. The molecule has 0 atom stereocenters. The standard InChI is InChI=1S/C8H10N2O6S/c1-13-6-4-3-5-7(14-2)8(6)10-9-15-17(11,12)16-10/h3-5,9H,1-2H3. The Morgan fingerprint density at radius 1 is 1.24 bits per heavy atom. The Balaban J connectivity index is 2.43. The topological polar surface area (TPSA) is 86.3 Å². The van der Waals surface area contributed by atoms with Crippen LogP contribution < -0.4 is 20.2 Å². The van der Waals surface area contributed by atoms with E-state index in [0.29, 0.717) is 11.5 Å². The summed E-state index contributed by atoms with van der Waals surface area (Å²) in [5.41, 5.74) is 2.32. The molecule has 0 spiro atoms. The van der Waals surface area contributed by atoms with Crippen LogP contribution in [-0.2, 0) is 19.0 Å². The molecule has 0 amide bonds. The summed E-state index contributed by atoms with van der Waals surface area (Å²) in [5.74, 6) is 0.718. The van der Waals surface area contributed by atoms with Crippen LogP contribution in [0.5, 0.6) is 11.5 Å². The first-order valence-electron chi connectivity index (χ1n) is 4.47. The van der Waals surface area contributed by atoms with Crippen molar-refractivity contribution in [3.8, 4) is 11.5 Å². The molecule has 1 aliphatic rings. The number of hydrogen-bond acceptors (Lipinski definition) is 8. The zero-order valence-corrected chi connectivity index (χ0v) is 9.85. The van der Waals surface area contributed by atoms with Crippen molar-refractivity contribution in [3.63, 3.8) is 0 Å². The second-order valence-electron chi connectivity index (χ2n) is 2.96. The molecule has 1 aliphatic heterocycles. The summed E-state index contributed by atoms with van der Waals surface area (Å²) in [5, 5.41) is 0.799. The van der Waals surface area contributed by atoms with Gasteiger partial charge in [0.1, 0.15) is 11.5 Å². The van der Waals surface area contributed by atoms with E-state index in [1.54, 1.807) is 18.2 Å². The summed E-state index contributed by atoms with van der Waals surface area (Å²) >= 11 is 0. The molecule has 9 heteroatoms. The van der Waals surface area contributed by atoms with Crippen molar-refractivity contribution in [3.05, 3.63) is 18.2 Å². The number of rotatable bonds is 3. The van der Waals surface area contributed by atoms with Crippen molar-refractivity contribution in [1.82, 2.24) is 5.59 Å². The highest BCUT2D eigenvalue weighted by atomic mass is 32.3. The van der Waals surface area contributed by atoms with Gasteiger partial charge in [-0.25, -0.2) is 0 Å². The van der Waals surface area contributed by atoms with Crippen LogP contribution in [0.25, 0.3) is 0 Å². The largest absolute Gasteiger partial charge is 0.494 e. The molecule has 0 aromatic heterocycles. The van der Waals surface area contributed by atoms with Gasteiger partial charge in [-0.2, -0.15) is 8.42 Å². The van der Waals surface area contributed by atoms with Gasteiger partial charge in [-0.3, -0.25) is 0 Å². The van der Waals surface area contributed by atoms with Gasteiger partial charge in [0.2, 0.25) is 0 Å². The number of nitrogens with one attached hydrogen (secondary N) is 1. The minimum atomic E-state index is -4.09. The molecule has 17 heavy (non-hydrogen) atoms. The molecule has 1 fully saturated rings. The minimum Gasteiger partial charge on any atom is -0.494 e.